The molecule has 0 radical (unpaired) electrons. The smallest absolute Gasteiger partial charge is 0.330 e. The van der Waals surface area contributed by atoms with Crippen molar-refractivity contribution in [2.75, 3.05) is 20.8 Å². The highest BCUT2D eigenvalue weighted by Gasteiger charge is 2.28. The topological polar surface area (TPSA) is 81.9 Å². The molecule has 0 heterocycles. The van der Waals surface area contributed by atoms with E-state index in [1.807, 2.05) is 44.2 Å². The number of nitrogens with zero attached hydrogens (tertiary/aromatic N) is 1. The molecule has 2 N–H and O–H groups in total. The Balaban J connectivity index is 2.57. The molecule has 0 saturated carbocycles. The average Bonchev–Trinajstić information content (AvgIpc) is 2.62. The second-order valence-corrected chi connectivity index (χ2v) is 6.49. The predicted molar refractivity (Wildman–Crippen MR) is 96.7 cm³/mol. The van der Waals surface area contributed by atoms with Crippen molar-refractivity contribution >= 4 is 11.9 Å². The number of methoxy groups -OCH3 is 1. The number of ether oxygens (including phenoxy) is 2. The van der Waals surface area contributed by atoms with Crippen LogP contribution in [0.1, 0.15) is 32.3 Å². The summed E-state index contributed by atoms with van der Waals surface area (Å²) in [4.78, 5) is 25.8. The molecule has 1 aromatic carbocycles. The van der Waals surface area contributed by atoms with Gasteiger partial charge in [0.05, 0.1) is 20.3 Å². The van der Waals surface area contributed by atoms with Gasteiger partial charge in [0.1, 0.15) is 0 Å². The van der Waals surface area contributed by atoms with Gasteiger partial charge in [0.25, 0.3) is 0 Å². The zero-order valence-corrected chi connectivity index (χ0v) is 15.6. The second-order valence-electron chi connectivity index (χ2n) is 6.49. The maximum Gasteiger partial charge on any atom is 0.330 e. The van der Waals surface area contributed by atoms with Gasteiger partial charge in [-0.25, -0.2) is 4.79 Å². The van der Waals surface area contributed by atoms with E-state index in [2.05, 4.69) is 0 Å². The number of esters is 1. The van der Waals surface area contributed by atoms with E-state index in [4.69, 9.17) is 15.2 Å². The van der Waals surface area contributed by atoms with Crippen LogP contribution in [0.5, 0.6) is 0 Å². The summed E-state index contributed by atoms with van der Waals surface area (Å²) in [7, 11) is 2.90. The number of carbonyl (C=O) groups excluding carboxylic acids is 2. The van der Waals surface area contributed by atoms with E-state index in [1.54, 1.807) is 7.05 Å². The van der Waals surface area contributed by atoms with Gasteiger partial charge in [-0.3, -0.25) is 4.79 Å². The molecule has 1 unspecified atom stereocenters. The summed E-state index contributed by atoms with van der Waals surface area (Å²) in [6.45, 7) is 4.50. The van der Waals surface area contributed by atoms with Crippen molar-refractivity contribution in [3.8, 4) is 0 Å². The van der Waals surface area contributed by atoms with Crippen LogP contribution in [0.15, 0.2) is 30.3 Å². The fourth-order valence-electron chi connectivity index (χ4n) is 2.31. The first-order chi connectivity index (χ1) is 11.9. The van der Waals surface area contributed by atoms with E-state index in [0.717, 1.165) is 5.56 Å². The SMILES string of the molecule is COC(=O)[C@H](COCc1ccccc1)N(C)C(=O)CCC(N)C(C)C. The standard InChI is InChI=1S/C19H30N2O4/c1-14(2)16(20)10-11-18(22)21(3)17(19(23)24-4)13-25-12-15-8-6-5-7-9-15/h5-9,14,16-17H,10-13,20H2,1-4H3/t16?,17-/m0/s1. The van der Waals surface area contributed by atoms with E-state index in [-0.39, 0.29) is 18.6 Å². The van der Waals surface area contributed by atoms with Crippen LogP contribution in [0.25, 0.3) is 0 Å². The number of hydrogen-bond acceptors (Lipinski definition) is 5. The molecule has 1 amide bonds. The Morgan fingerprint density at radius 2 is 1.84 bits per heavy atom. The van der Waals surface area contributed by atoms with Crippen molar-refractivity contribution in [3.05, 3.63) is 35.9 Å². The van der Waals surface area contributed by atoms with Gasteiger partial charge in [-0.1, -0.05) is 44.2 Å². The van der Waals surface area contributed by atoms with Gasteiger partial charge in [-0.05, 0) is 17.9 Å². The third kappa shape index (κ3) is 7.23. The highest BCUT2D eigenvalue weighted by molar-refractivity contribution is 5.84. The largest absolute Gasteiger partial charge is 0.467 e. The van der Waals surface area contributed by atoms with E-state index >= 15 is 0 Å². The van der Waals surface area contributed by atoms with Gasteiger partial charge in [0.15, 0.2) is 6.04 Å². The quantitative estimate of drug-likeness (QED) is 0.653. The van der Waals surface area contributed by atoms with Crippen LogP contribution >= 0.6 is 0 Å². The minimum Gasteiger partial charge on any atom is -0.467 e. The van der Waals surface area contributed by atoms with Gasteiger partial charge in [0.2, 0.25) is 5.91 Å². The fourth-order valence-corrected chi connectivity index (χ4v) is 2.31. The molecule has 2 atom stereocenters. The van der Waals surface area contributed by atoms with Gasteiger partial charge < -0.3 is 20.1 Å². The first-order valence-electron chi connectivity index (χ1n) is 8.57. The second kappa shape index (κ2) is 10.8. The number of hydrogen-bond donors (Lipinski definition) is 1. The molecule has 0 aliphatic carbocycles. The van der Waals surface area contributed by atoms with Crippen molar-refractivity contribution in [2.45, 2.75) is 45.4 Å². The minimum atomic E-state index is -0.767. The Labute approximate surface area is 150 Å². The van der Waals surface area contributed by atoms with Crippen molar-refractivity contribution in [1.29, 1.82) is 0 Å². The van der Waals surface area contributed by atoms with Crippen molar-refractivity contribution < 1.29 is 19.1 Å². The predicted octanol–water partition coefficient (Wildman–Crippen LogP) is 1.97. The van der Waals surface area contributed by atoms with Crippen molar-refractivity contribution in [3.63, 3.8) is 0 Å². The molecule has 0 saturated heterocycles. The maximum absolute atomic E-state index is 12.4. The van der Waals surface area contributed by atoms with Crippen LogP contribution < -0.4 is 5.73 Å². The van der Waals surface area contributed by atoms with Crippen LogP contribution in [0.3, 0.4) is 0 Å². The van der Waals surface area contributed by atoms with Gasteiger partial charge in [-0.15, -0.1) is 0 Å². The number of likely N-dealkylation sites (N-methyl/N-ethyl adjacent to an activating group) is 1. The van der Waals surface area contributed by atoms with Crippen LogP contribution in [-0.4, -0.2) is 49.6 Å². The lowest BCUT2D eigenvalue weighted by Crippen LogP contribution is -2.46. The molecular formula is C19H30N2O4. The van der Waals surface area contributed by atoms with E-state index in [9.17, 15) is 9.59 Å². The Morgan fingerprint density at radius 1 is 1.20 bits per heavy atom. The molecule has 0 spiro atoms. The van der Waals surface area contributed by atoms with Gasteiger partial charge in [-0.2, -0.15) is 0 Å². The van der Waals surface area contributed by atoms with Crippen LogP contribution in [0.2, 0.25) is 0 Å². The highest BCUT2D eigenvalue weighted by atomic mass is 16.5. The fraction of sp³-hybridized carbons (Fsp3) is 0.579. The lowest BCUT2D eigenvalue weighted by Gasteiger charge is -2.26. The van der Waals surface area contributed by atoms with Crippen molar-refractivity contribution in [2.24, 2.45) is 11.7 Å². The summed E-state index contributed by atoms with van der Waals surface area (Å²) in [5.74, 6) is -0.324. The minimum absolute atomic E-state index is 0.0387. The highest BCUT2D eigenvalue weighted by Crippen LogP contribution is 2.10. The van der Waals surface area contributed by atoms with E-state index in [1.165, 1.54) is 12.0 Å². The maximum atomic E-state index is 12.4. The number of nitrogens with two attached hydrogens (primary N) is 1. The van der Waals surface area contributed by atoms with Gasteiger partial charge in [0, 0.05) is 19.5 Å². The molecule has 0 aromatic heterocycles. The van der Waals surface area contributed by atoms with Crippen molar-refractivity contribution in [1.82, 2.24) is 4.90 Å². The normalized spacial score (nSPS) is 13.4. The summed E-state index contributed by atoms with van der Waals surface area (Å²) in [6, 6.07) is 8.84. The zero-order chi connectivity index (χ0) is 18.8. The summed E-state index contributed by atoms with van der Waals surface area (Å²) < 4.78 is 10.4. The Hall–Kier alpha value is -1.92. The van der Waals surface area contributed by atoms with Crippen LogP contribution in [0, 0.1) is 5.92 Å². The Morgan fingerprint density at radius 3 is 2.40 bits per heavy atom. The number of rotatable bonds is 10. The number of amides is 1. The number of benzene rings is 1. The lowest BCUT2D eigenvalue weighted by atomic mass is 10.00. The monoisotopic (exact) mass is 350 g/mol. The number of carbonyl (C=O) groups is 2. The molecule has 0 bridgehead atoms. The summed E-state index contributed by atoms with van der Waals surface area (Å²) >= 11 is 0. The molecule has 25 heavy (non-hydrogen) atoms. The van der Waals surface area contributed by atoms with Gasteiger partial charge >= 0.3 is 5.97 Å². The van der Waals surface area contributed by atoms with Crippen LogP contribution in [0.4, 0.5) is 0 Å². The van der Waals surface area contributed by atoms with E-state index < -0.39 is 12.0 Å². The molecule has 6 heteroatoms. The lowest BCUT2D eigenvalue weighted by molar-refractivity contribution is -0.154. The molecule has 1 rings (SSSR count). The summed E-state index contributed by atoms with van der Waals surface area (Å²) in [5, 5.41) is 0. The first kappa shape index (κ1) is 21.1. The molecule has 6 nitrogen and oxygen atoms in total. The third-order valence-corrected chi connectivity index (χ3v) is 4.27. The molecule has 0 aliphatic rings. The molecule has 1 aromatic rings. The molecule has 140 valence electrons. The zero-order valence-electron chi connectivity index (χ0n) is 15.6. The molecule has 0 aliphatic heterocycles. The Bertz CT molecular complexity index is 533. The molecule has 0 fully saturated rings. The molecular weight excluding hydrogens is 320 g/mol. The van der Waals surface area contributed by atoms with E-state index in [0.29, 0.717) is 25.4 Å². The Kier molecular flexibility index (Phi) is 9.16. The summed E-state index contributed by atoms with van der Waals surface area (Å²) in [5.41, 5.74) is 6.99. The summed E-state index contributed by atoms with van der Waals surface area (Å²) in [6.07, 6.45) is 0.877. The third-order valence-electron chi connectivity index (χ3n) is 4.27. The first-order valence-corrected chi connectivity index (χ1v) is 8.57. The van der Waals surface area contributed by atoms with Crippen LogP contribution in [-0.2, 0) is 25.7 Å². The average molecular weight is 350 g/mol.